The Labute approximate surface area is 102 Å². The summed E-state index contributed by atoms with van der Waals surface area (Å²) in [4.78, 5) is 15.8. The van der Waals surface area contributed by atoms with Gasteiger partial charge in [-0.25, -0.2) is 4.98 Å². The van der Waals surface area contributed by atoms with Gasteiger partial charge in [0, 0.05) is 31.4 Å². The zero-order valence-electron chi connectivity index (χ0n) is 10.8. The van der Waals surface area contributed by atoms with Crippen LogP contribution in [0.5, 0.6) is 0 Å². The maximum atomic E-state index is 11.7. The van der Waals surface area contributed by atoms with Crippen LogP contribution in [0.25, 0.3) is 0 Å². The van der Waals surface area contributed by atoms with Crippen molar-refractivity contribution in [3.8, 4) is 0 Å². The Morgan fingerprint density at radius 2 is 2.41 bits per heavy atom. The summed E-state index contributed by atoms with van der Waals surface area (Å²) in [6, 6.07) is 0. The molecule has 1 aromatic rings. The minimum absolute atomic E-state index is 0.228. The Bertz CT molecular complexity index is 399. The van der Waals surface area contributed by atoms with Crippen LogP contribution in [-0.4, -0.2) is 22.0 Å². The standard InChI is InChI=1S/C13H21N3O/c1-9(8-16-5-4-14-11(16)3)7-15-13(17)12-6-10(12)2/h4-5,9-10,12H,6-8H2,1-3H3,(H,15,17)/t9-,10-,12+/m1/s1. The van der Waals surface area contributed by atoms with E-state index in [1.54, 1.807) is 0 Å². The van der Waals surface area contributed by atoms with Gasteiger partial charge in [-0.05, 0) is 25.2 Å². The van der Waals surface area contributed by atoms with Crippen LogP contribution in [0, 0.1) is 24.7 Å². The number of amides is 1. The Morgan fingerprint density at radius 1 is 1.71 bits per heavy atom. The van der Waals surface area contributed by atoms with Gasteiger partial charge in [-0.1, -0.05) is 13.8 Å². The van der Waals surface area contributed by atoms with E-state index in [-0.39, 0.29) is 11.8 Å². The summed E-state index contributed by atoms with van der Waals surface area (Å²) in [5.74, 6) is 2.55. The van der Waals surface area contributed by atoms with Crippen LogP contribution >= 0.6 is 0 Å². The quantitative estimate of drug-likeness (QED) is 0.842. The van der Waals surface area contributed by atoms with Crippen molar-refractivity contribution in [3.05, 3.63) is 18.2 Å². The van der Waals surface area contributed by atoms with Crippen LogP contribution in [0.3, 0.4) is 0 Å². The van der Waals surface area contributed by atoms with Gasteiger partial charge in [-0.2, -0.15) is 0 Å². The predicted octanol–water partition coefficient (Wildman–Crippen LogP) is 1.60. The Balaban J connectivity index is 1.72. The molecule has 0 unspecified atom stereocenters. The van der Waals surface area contributed by atoms with Gasteiger partial charge in [-0.15, -0.1) is 0 Å². The first-order chi connectivity index (χ1) is 8.08. The smallest absolute Gasteiger partial charge is 0.223 e. The minimum atomic E-state index is 0.228. The number of carbonyl (C=O) groups excluding carboxylic acids is 1. The number of aromatic nitrogens is 2. The van der Waals surface area contributed by atoms with E-state index in [2.05, 4.69) is 28.7 Å². The molecule has 3 atom stereocenters. The van der Waals surface area contributed by atoms with Gasteiger partial charge in [0.1, 0.15) is 5.82 Å². The first-order valence-electron chi connectivity index (χ1n) is 6.33. The molecule has 4 nitrogen and oxygen atoms in total. The Hall–Kier alpha value is -1.32. The largest absolute Gasteiger partial charge is 0.356 e. The van der Waals surface area contributed by atoms with Crippen molar-refractivity contribution in [2.24, 2.45) is 17.8 Å². The molecule has 1 aliphatic carbocycles. The van der Waals surface area contributed by atoms with Crippen LogP contribution in [0.2, 0.25) is 0 Å². The Morgan fingerprint density at radius 3 is 2.94 bits per heavy atom. The predicted molar refractivity (Wildman–Crippen MR) is 66.4 cm³/mol. The monoisotopic (exact) mass is 235 g/mol. The first-order valence-corrected chi connectivity index (χ1v) is 6.33. The zero-order chi connectivity index (χ0) is 12.4. The van der Waals surface area contributed by atoms with Crippen molar-refractivity contribution in [1.29, 1.82) is 0 Å². The number of carbonyl (C=O) groups is 1. The summed E-state index contributed by atoms with van der Waals surface area (Å²) in [5, 5.41) is 3.03. The second-order valence-corrected chi connectivity index (χ2v) is 5.30. The summed E-state index contributed by atoms with van der Waals surface area (Å²) in [7, 11) is 0. The molecule has 1 heterocycles. The van der Waals surface area contributed by atoms with E-state index in [1.807, 2.05) is 19.3 Å². The lowest BCUT2D eigenvalue weighted by atomic mass is 10.1. The molecule has 0 saturated heterocycles. The normalized spacial score (nSPS) is 24.4. The van der Waals surface area contributed by atoms with Crippen LogP contribution in [0.4, 0.5) is 0 Å². The third-order valence-electron chi connectivity index (χ3n) is 3.50. The highest BCUT2D eigenvalue weighted by Crippen LogP contribution is 2.37. The van der Waals surface area contributed by atoms with Gasteiger partial charge in [-0.3, -0.25) is 4.79 Å². The number of hydrogen-bond donors (Lipinski definition) is 1. The molecule has 0 bridgehead atoms. The van der Waals surface area contributed by atoms with Gasteiger partial charge in [0.15, 0.2) is 0 Å². The summed E-state index contributed by atoms with van der Waals surface area (Å²) in [6.07, 6.45) is 4.85. The van der Waals surface area contributed by atoms with Crippen molar-refractivity contribution in [2.45, 2.75) is 33.7 Å². The summed E-state index contributed by atoms with van der Waals surface area (Å²) < 4.78 is 2.12. The van der Waals surface area contributed by atoms with Crippen molar-refractivity contribution >= 4 is 5.91 Å². The highest BCUT2D eigenvalue weighted by molar-refractivity contribution is 5.81. The molecular formula is C13H21N3O. The third-order valence-corrected chi connectivity index (χ3v) is 3.50. The molecule has 94 valence electrons. The number of nitrogens with one attached hydrogen (secondary N) is 1. The number of nitrogens with zero attached hydrogens (tertiary/aromatic N) is 2. The SMILES string of the molecule is Cc1nccn1C[C@H](C)CNC(=O)[C@H]1C[C@H]1C. The lowest BCUT2D eigenvalue weighted by Gasteiger charge is -2.14. The molecule has 17 heavy (non-hydrogen) atoms. The number of rotatable bonds is 5. The Kier molecular flexibility index (Phi) is 3.50. The average molecular weight is 235 g/mol. The molecule has 1 amide bonds. The van der Waals surface area contributed by atoms with Gasteiger partial charge >= 0.3 is 0 Å². The average Bonchev–Trinajstić information content (AvgIpc) is 2.89. The number of aryl methyl sites for hydroxylation is 1. The zero-order valence-corrected chi connectivity index (χ0v) is 10.8. The third kappa shape index (κ3) is 3.08. The summed E-state index contributed by atoms with van der Waals surface area (Å²) >= 11 is 0. The molecule has 0 aliphatic heterocycles. The van der Waals surface area contributed by atoms with E-state index in [0.717, 1.165) is 25.3 Å². The fraction of sp³-hybridized carbons (Fsp3) is 0.692. The lowest BCUT2D eigenvalue weighted by molar-refractivity contribution is -0.122. The summed E-state index contributed by atoms with van der Waals surface area (Å²) in [6.45, 7) is 7.93. The highest BCUT2D eigenvalue weighted by Gasteiger charge is 2.38. The topological polar surface area (TPSA) is 46.9 Å². The summed E-state index contributed by atoms with van der Waals surface area (Å²) in [5.41, 5.74) is 0. The van der Waals surface area contributed by atoms with Crippen LogP contribution in [0.15, 0.2) is 12.4 Å². The van der Waals surface area contributed by atoms with Crippen LogP contribution in [-0.2, 0) is 11.3 Å². The van der Waals surface area contributed by atoms with Gasteiger partial charge in [0.25, 0.3) is 0 Å². The lowest BCUT2D eigenvalue weighted by Crippen LogP contribution is -2.31. The number of imidazole rings is 1. The molecule has 1 N–H and O–H groups in total. The second kappa shape index (κ2) is 4.90. The van der Waals surface area contributed by atoms with Gasteiger partial charge < -0.3 is 9.88 Å². The van der Waals surface area contributed by atoms with Crippen molar-refractivity contribution in [1.82, 2.24) is 14.9 Å². The van der Waals surface area contributed by atoms with E-state index in [1.165, 1.54) is 0 Å². The van der Waals surface area contributed by atoms with Gasteiger partial charge in [0.05, 0.1) is 0 Å². The van der Waals surface area contributed by atoms with E-state index in [0.29, 0.717) is 11.8 Å². The first kappa shape index (κ1) is 12.1. The van der Waals surface area contributed by atoms with Crippen LogP contribution in [0.1, 0.15) is 26.1 Å². The molecule has 1 fully saturated rings. The van der Waals surface area contributed by atoms with Crippen LogP contribution < -0.4 is 5.32 Å². The van der Waals surface area contributed by atoms with Crippen molar-refractivity contribution in [2.75, 3.05) is 6.54 Å². The molecule has 0 spiro atoms. The van der Waals surface area contributed by atoms with E-state index < -0.39 is 0 Å². The van der Waals surface area contributed by atoms with E-state index in [4.69, 9.17) is 0 Å². The molecule has 1 saturated carbocycles. The van der Waals surface area contributed by atoms with Crippen molar-refractivity contribution < 1.29 is 4.79 Å². The second-order valence-electron chi connectivity index (χ2n) is 5.30. The highest BCUT2D eigenvalue weighted by atomic mass is 16.2. The fourth-order valence-corrected chi connectivity index (χ4v) is 2.09. The van der Waals surface area contributed by atoms with E-state index >= 15 is 0 Å². The minimum Gasteiger partial charge on any atom is -0.356 e. The van der Waals surface area contributed by atoms with Gasteiger partial charge in [0.2, 0.25) is 5.91 Å². The molecule has 1 aliphatic rings. The fourth-order valence-electron chi connectivity index (χ4n) is 2.09. The molecule has 0 radical (unpaired) electrons. The van der Waals surface area contributed by atoms with E-state index in [9.17, 15) is 4.79 Å². The molecular weight excluding hydrogens is 214 g/mol. The molecule has 2 rings (SSSR count). The number of hydrogen-bond acceptors (Lipinski definition) is 2. The molecule has 1 aromatic heterocycles. The molecule has 4 heteroatoms. The maximum absolute atomic E-state index is 11.7. The maximum Gasteiger partial charge on any atom is 0.223 e. The molecule has 0 aromatic carbocycles. The van der Waals surface area contributed by atoms with Crippen molar-refractivity contribution in [3.63, 3.8) is 0 Å².